The van der Waals surface area contributed by atoms with Gasteiger partial charge in [-0.15, -0.1) is 6.58 Å². The van der Waals surface area contributed by atoms with Gasteiger partial charge in [-0.3, -0.25) is 10.1 Å². The Kier molecular flexibility index (Phi) is 6.80. The minimum atomic E-state index is -0.634. The first-order chi connectivity index (χ1) is 10.4. The van der Waals surface area contributed by atoms with Crippen molar-refractivity contribution in [2.24, 2.45) is 0 Å². The molecule has 0 aliphatic heterocycles. The van der Waals surface area contributed by atoms with Gasteiger partial charge in [0, 0.05) is 24.5 Å². The largest absolute Gasteiger partial charge is 0.459 e. The Morgan fingerprint density at radius 3 is 2.55 bits per heavy atom. The minimum Gasteiger partial charge on any atom is -0.459 e. The van der Waals surface area contributed by atoms with Gasteiger partial charge in [-0.2, -0.15) is 0 Å². The van der Waals surface area contributed by atoms with E-state index in [9.17, 15) is 14.9 Å². The highest BCUT2D eigenvalue weighted by Crippen LogP contribution is 2.14. The van der Waals surface area contributed by atoms with Crippen LogP contribution in [-0.2, 0) is 20.9 Å². The van der Waals surface area contributed by atoms with Crippen LogP contribution < -0.4 is 0 Å². The lowest BCUT2D eigenvalue weighted by Gasteiger charge is -2.12. The van der Waals surface area contributed by atoms with E-state index in [1.165, 1.54) is 19.2 Å². The lowest BCUT2D eigenvalue weighted by molar-refractivity contribution is -0.384. The topological polar surface area (TPSA) is 78.7 Å². The number of nitro groups is 1. The predicted octanol–water partition coefficient (Wildman–Crippen LogP) is 2.62. The number of carbonyl (C=O) groups is 1. The summed E-state index contributed by atoms with van der Waals surface area (Å²) in [7, 11) is 1.25. The highest BCUT2D eigenvalue weighted by Gasteiger charge is 2.09. The Balaban J connectivity index is 2.69. The Hall–Kier alpha value is -2.65. The molecule has 0 saturated heterocycles. The molecule has 22 heavy (non-hydrogen) atoms. The van der Waals surface area contributed by atoms with E-state index in [4.69, 9.17) is 4.74 Å². The molecule has 6 heteroatoms. The summed E-state index contributed by atoms with van der Waals surface area (Å²) in [5.74, 6) is 4.38. The summed E-state index contributed by atoms with van der Waals surface area (Å²) >= 11 is 0. The number of hydrogen-bond donors (Lipinski definition) is 0. The zero-order valence-electron chi connectivity index (χ0n) is 12.5. The van der Waals surface area contributed by atoms with Gasteiger partial charge < -0.3 is 9.47 Å². The van der Waals surface area contributed by atoms with Crippen molar-refractivity contribution in [1.82, 2.24) is 0 Å². The highest BCUT2D eigenvalue weighted by molar-refractivity contribution is 5.88. The maximum Gasteiger partial charge on any atom is 0.384 e. The van der Waals surface area contributed by atoms with E-state index < -0.39 is 17.0 Å². The van der Waals surface area contributed by atoms with Crippen LogP contribution in [0.2, 0.25) is 0 Å². The van der Waals surface area contributed by atoms with Crippen LogP contribution in [0.5, 0.6) is 0 Å². The van der Waals surface area contributed by atoms with E-state index in [2.05, 4.69) is 23.2 Å². The number of esters is 1. The monoisotopic (exact) mass is 303 g/mol. The molecule has 0 spiro atoms. The van der Waals surface area contributed by atoms with Gasteiger partial charge in [-0.25, -0.2) is 4.79 Å². The number of benzene rings is 1. The third-order valence-corrected chi connectivity index (χ3v) is 2.65. The Morgan fingerprint density at radius 2 is 2.05 bits per heavy atom. The van der Waals surface area contributed by atoms with Crippen molar-refractivity contribution in [3.8, 4) is 11.8 Å². The quantitative estimate of drug-likeness (QED) is 0.201. The van der Waals surface area contributed by atoms with Crippen LogP contribution in [0.1, 0.15) is 18.9 Å². The summed E-state index contributed by atoms with van der Waals surface area (Å²) < 4.78 is 10.1. The van der Waals surface area contributed by atoms with Crippen molar-refractivity contribution in [1.29, 1.82) is 0 Å². The lowest BCUT2D eigenvalue weighted by atomic mass is 10.1. The van der Waals surface area contributed by atoms with Crippen LogP contribution >= 0.6 is 0 Å². The average molecular weight is 303 g/mol. The fraction of sp³-hybridized carbons (Fsp3) is 0.312. The smallest absolute Gasteiger partial charge is 0.384 e. The first-order valence-electron chi connectivity index (χ1n) is 6.51. The first-order valence-corrected chi connectivity index (χ1v) is 6.51. The SMILES string of the molecule is C=C(C)CC(C#CC(=O)OC)OCc1ccc([N+](=O)[O-])cc1. The van der Waals surface area contributed by atoms with Gasteiger partial charge in [-0.1, -0.05) is 11.5 Å². The van der Waals surface area contributed by atoms with Crippen molar-refractivity contribution in [2.45, 2.75) is 26.1 Å². The van der Waals surface area contributed by atoms with E-state index in [0.29, 0.717) is 6.42 Å². The Morgan fingerprint density at radius 1 is 1.41 bits per heavy atom. The van der Waals surface area contributed by atoms with Crippen LogP contribution in [0.15, 0.2) is 36.4 Å². The molecule has 0 radical (unpaired) electrons. The second-order valence-corrected chi connectivity index (χ2v) is 4.65. The molecule has 0 N–H and O–H groups in total. The molecule has 1 rings (SSSR count). The maximum absolute atomic E-state index is 11.0. The molecule has 0 saturated carbocycles. The maximum atomic E-state index is 11.0. The van der Waals surface area contributed by atoms with Gasteiger partial charge in [0.25, 0.3) is 5.69 Å². The van der Waals surface area contributed by atoms with Gasteiger partial charge in [0.1, 0.15) is 6.10 Å². The second kappa shape index (κ2) is 8.60. The molecule has 116 valence electrons. The second-order valence-electron chi connectivity index (χ2n) is 4.65. The zero-order chi connectivity index (χ0) is 16.5. The summed E-state index contributed by atoms with van der Waals surface area (Å²) in [6.45, 7) is 5.85. The number of carbonyl (C=O) groups excluding carboxylic acids is 1. The molecule has 0 heterocycles. The van der Waals surface area contributed by atoms with E-state index in [0.717, 1.165) is 11.1 Å². The van der Waals surface area contributed by atoms with E-state index >= 15 is 0 Å². The molecular formula is C16H17NO5. The Bertz CT molecular complexity index is 610. The summed E-state index contributed by atoms with van der Waals surface area (Å²) in [5.41, 5.74) is 1.66. The third-order valence-electron chi connectivity index (χ3n) is 2.65. The number of hydrogen-bond acceptors (Lipinski definition) is 5. The molecule has 1 atom stereocenters. The van der Waals surface area contributed by atoms with Gasteiger partial charge >= 0.3 is 5.97 Å². The van der Waals surface area contributed by atoms with Crippen LogP contribution in [0.25, 0.3) is 0 Å². The van der Waals surface area contributed by atoms with Crippen LogP contribution in [0.4, 0.5) is 5.69 Å². The number of rotatable bonds is 6. The predicted molar refractivity (Wildman–Crippen MR) is 80.9 cm³/mol. The summed E-state index contributed by atoms with van der Waals surface area (Å²) in [5, 5.41) is 10.6. The number of nitrogens with zero attached hydrogens (tertiary/aromatic N) is 1. The van der Waals surface area contributed by atoms with Gasteiger partial charge in [0.2, 0.25) is 0 Å². The molecule has 0 fully saturated rings. The fourth-order valence-electron chi connectivity index (χ4n) is 1.57. The van der Waals surface area contributed by atoms with Crippen molar-refractivity contribution in [3.63, 3.8) is 0 Å². The lowest BCUT2D eigenvalue weighted by Crippen LogP contribution is -2.12. The normalized spacial score (nSPS) is 11.0. The molecule has 1 unspecified atom stereocenters. The fourth-order valence-corrected chi connectivity index (χ4v) is 1.57. The molecule has 1 aromatic carbocycles. The number of non-ortho nitro benzene ring substituents is 1. The molecule has 0 bridgehead atoms. The van der Waals surface area contributed by atoms with Gasteiger partial charge in [-0.05, 0) is 24.6 Å². The molecule has 0 aliphatic carbocycles. The van der Waals surface area contributed by atoms with Gasteiger partial charge in [0.05, 0.1) is 18.6 Å². The number of ether oxygens (including phenoxy) is 2. The van der Waals surface area contributed by atoms with Crippen molar-refractivity contribution >= 4 is 11.7 Å². The van der Waals surface area contributed by atoms with Crippen LogP contribution in [0.3, 0.4) is 0 Å². The summed E-state index contributed by atoms with van der Waals surface area (Å²) in [4.78, 5) is 21.2. The Labute approximate surface area is 128 Å². The van der Waals surface area contributed by atoms with E-state index in [-0.39, 0.29) is 12.3 Å². The molecule has 0 amide bonds. The molecule has 1 aromatic rings. The van der Waals surface area contributed by atoms with Crippen LogP contribution in [-0.4, -0.2) is 24.1 Å². The van der Waals surface area contributed by atoms with E-state index in [1.807, 2.05) is 6.92 Å². The minimum absolute atomic E-state index is 0.0210. The number of nitro benzene ring substituents is 1. The summed E-state index contributed by atoms with van der Waals surface area (Å²) in [6, 6.07) is 6.05. The molecule has 6 nitrogen and oxygen atoms in total. The molecule has 0 aromatic heterocycles. The van der Waals surface area contributed by atoms with Gasteiger partial charge in [0.15, 0.2) is 0 Å². The summed E-state index contributed by atoms with van der Waals surface area (Å²) in [6.07, 6.45) is -0.0106. The highest BCUT2D eigenvalue weighted by atomic mass is 16.6. The molecule has 0 aliphatic rings. The standard InChI is InChI=1S/C16H17NO5/c1-12(2)10-15(8-9-16(18)21-3)22-11-13-4-6-14(7-5-13)17(19)20/h4-7,15H,1,10-11H2,2-3H3. The molecular weight excluding hydrogens is 286 g/mol. The zero-order valence-corrected chi connectivity index (χ0v) is 12.5. The van der Waals surface area contributed by atoms with Crippen molar-refractivity contribution in [2.75, 3.05) is 7.11 Å². The number of methoxy groups -OCH3 is 1. The van der Waals surface area contributed by atoms with Crippen LogP contribution in [0, 0.1) is 22.0 Å². The van der Waals surface area contributed by atoms with E-state index in [1.54, 1.807) is 12.1 Å². The third kappa shape index (κ3) is 6.20. The average Bonchev–Trinajstić information content (AvgIpc) is 2.49. The first kappa shape index (κ1) is 17.4. The van der Waals surface area contributed by atoms with Crippen molar-refractivity contribution < 1.29 is 19.2 Å². The van der Waals surface area contributed by atoms with Crippen molar-refractivity contribution in [3.05, 3.63) is 52.1 Å².